The molecule has 58 heavy (non-hydrogen) atoms. The number of aliphatic carboxylic acids is 1. The number of rotatable bonds is 7. The Morgan fingerprint density at radius 2 is 1.53 bits per heavy atom. The van der Waals surface area contributed by atoms with Crippen LogP contribution in [0.15, 0.2) is 96.7 Å². The summed E-state index contributed by atoms with van der Waals surface area (Å²) in [5.41, 5.74) is 0.945. The Morgan fingerprint density at radius 1 is 0.759 bits per heavy atom. The molecule has 320 valence electrons. The Bertz CT molecular complexity index is 1570. The molecule has 0 saturated carbocycles. The van der Waals surface area contributed by atoms with Crippen molar-refractivity contribution in [3.8, 4) is 0 Å². The average Bonchev–Trinajstić information content (AvgIpc) is 3.54. The van der Waals surface area contributed by atoms with Crippen molar-refractivity contribution in [2.24, 2.45) is 17.8 Å². The van der Waals surface area contributed by atoms with Gasteiger partial charge >= 0.3 is 11.9 Å². The van der Waals surface area contributed by atoms with E-state index < -0.39 is 48.6 Å². The predicted octanol–water partition coefficient (Wildman–Crippen LogP) is 6.80. The zero-order valence-corrected chi connectivity index (χ0v) is 34.5. The molecule has 6 aliphatic heterocycles. The molecule has 0 aliphatic carbocycles. The normalized spacial score (nSPS) is 41.7. The van der Waals surface area contributed by atoms with Crippen LogP contribution in [-0.4, -0.2) is 106 Å². The van der Waals surface area contributed by atoms with Gasteiger partial charge in [0.1, 0.15) is 24.4 Å². The Hall–Kier alpha value is -3.42. The minimum atomic E-state index is -1.18. The topological polar surface area (TPSA) is 161 Å². The summed E-state index contributed by atoms with van der Waals surface area (Å²) in [7, 11) is 0. The van der Waals surface area contributed by atoms with E-state index in [0.29, 0.717) is 25.7 Å². The minimum absolute atomic E-state index is 0.0508. The monoisotopic (exact) mass is 806 g/mol. The van der Waals surface area contributed by atoms with E-state index in [-0.39, 0.29) is 67.2 Å². The molecule has 4 N–H and O–H groups in total. The molecular weight excluding hydrogens is 741 g/mol. The maximum Gasteiger partial charge on any atom is 0.331 e. The van der Waals surface area contributed by atoms with Gasteiger partial charge in [0.2, 0.25) is 0 Å². The summed E-state index contributed by atoms with van der Waals surface area (Å²) >= 11 is 0. The second-order valence-electron chi connectivity index (χ2n) is 16.6. The van der Waals surface area contributed by atoms with E-state index in [1.807, 2.05) is 62.5 Å². The summed E-state index contributed by atoms with van der Waals surface area (Å²) in [6.07, 6.45) is 28.3. The van der Waals surface area contributed by atoms with Gasteiger partial charge in [0, 0.05) is 37.2 Å². The Balaban J connectivity index is 1.29. The predicted molar refractivity (Wildman–Crippen MR) is 222 cm³/mol. The molecule has 6 rings (SSSR count). The Morgan fingerprint density at radius 3 is 2.34 bits per heavy atom. The van der Waals surface area contributed by atoms with Gasteiger partial charge in [0.05, 0.1) is 42.7 Å². The zero-order valence-electron chi connectivity index (χ0n) is 34.5. The second kappa shape index (κ2) is 22.8. The first kappa shape index (κ1) is 45.7. The molecular formula is C47H66O11. The van der Waals surface area contributed by atoms with Crippen LogP contribution in [0.5, 0.6) is 0 Å². The summed E-state index contributed by atoms with van der Waals surface area (Å²) in [4.78, 5) is 23.9. The number of ether oxygens (including phenoxy) is 5. The van der Waals surface area contributed by atoms with Crippen molar-refractivity contribution in [2.75, 3.05) is 0 Å². The fraction of sp³-hybridized carbons (Fsp3) is 0.617. The van der Waals surface area contributed by atoms with E-state index in [0.717, 1.165) is 31.3 Å². The van der Waals surface area contributed by atoms with Crippen LogP contribution in [0.3, 0.4) is 0 Å². The Labute approximate surface area is 344 Å². The molecule has 7 bridgehead atoms. The third kappa shape index (κ3) is 13.6. The van der Waals surface area contributed by atoms with Crippen molar-refractivity contribution in [3.05, 3.63) is 96.7 Å². The highest BCUT2D eigenvalue weighted by Gasteiger charge is 2.45. The van der Waals surface area contributed by atoms with Gasteiger partial charge in [0.25, 0.3) is 0 Å². The lowest BCUT2D eigenvalue weighted by molar-refractivity contribution is -0.175. The first-order valence-electron chi connectivity index (χ1n) is 21.3. The van der Waals surface area contributed by atoms with Crippen molar-refractivity contribution >= 4 is 11.9 Å². The molecule has 0 aromatic rings. The number of carbonyl (C=O) groups excluding carboxylic acids is 1. The van der Waals surface area contributed by atoms with Gasteiger partial charge in [-0.25, -0.2) is 4.79 Å². The molecule has 6 aliphatic rings. The van der Waals surface area contributed by atoms with E-state index in [1.54, 1.807) is 18.2 Å². The molecule has 0 aromatic heterocycles. The number of hydrogen-bond donors (Lipinski definition) is 4. The van der Waals surface area contributed by atoms with Crippen LogP contribution in [0, 0.1) is 17.8 Å². The Kier molecular flexibility index (Phi) is 18.0. The lowest BCUT2D eigenvalue weighted by Crippen LogP contribution is -2.50. The van der Waals surface area contributed by atoms with Crippen molar-refractivity contribution in [1.29, 1.82) is 0 Å². The fourth-order valence-electron chi connectivity index (χ4n) is 8.38. The van der Waals surface area contributed by atoms with Crippen LogP contribution in [0.1, 0.15) is 91.9 Å². The van der Waals surface area contributed by atoms with Gasteiger partial charge in [-0.15, -0.1) is 0 Å². The maximum atomic E-state index is 13.0. The lowest BCUT2D eigenvalue weighted by atomic mass is 9.85. The van der Waals surface area contributed by atoms with Gasteiger partial charge in [0.15, 0.2) is 6.10 Å². The third-order valence-electron chi connectivity index (χ3n) is 12.0. The van der Waals surface area contributed by atoms with E-state index in [2.05, 4.69) is 32.1 Å². The number of esters is 1. The van der Waals surface area contributed by atoms with Crippen LogP contribution >= 0.6 is 0 Å². The van der Waals surface area contributed by atoms with Crippen LogP contribution in [0.2, 0.25) is 0 Å². The largest absolute Gasteiger partial charge is 0.481 e. The summed E-state index contributed by atoms with van der Waals surface area (Å²) in [5.74, 6) is -1.09. The minimum Gasteiger partial charge on any atom is -0.481 e. The highest BCUT2D eigenvalue weighted by Crippen LogP contribution is 2.38. The van der Waals surface area contributed by atoms with Crippen molar-refractivity contribution in [1.82, 2.24) is 0 Å². The number of aliphatic hydroxyl groups excluding tert-OH is 3. The molecule has 11 nitrogen and oxygen atoms in total. The number of allylic oxidation sites excluding steroid dienone is 7. The highest BCUT2D eigenvalue weighted by molar-refractivity contribution is 5.82. The van der Waals surface area contributed by atoms with Gasteiger partial charge < -0.3 is 44.1 Å². The number of hydrogen-bond acceptors (Lipinski definition) is 10. The van der Waals surface area contributed by atoms with E-state index in [1.165, 1.54) is 6.08 Å². The molecule has 15 unspecified atom stereocenters. The zero-order chi connectivity index (χ0) is 41.6. The van der Waals surface area contributed by atoms with E-state index in [9.17, 15) is 24.9 Å². The van der Waals surface area contributed by atoms with Gasteiger partial charge in [-0.1, -0.05) is 106 Å². The second-order valence-corrected chi connectivity index (χ2v) is 16.6. The number of unbranched alkanes of at least 4 members (excludes halogenated alkanes) is 1. The first-order valence-corrected chi connectivity index (χ1v) is 21.3. The van der Waals surface area contributed by atoms with Crippen molar-refractivity contribution in [2.45, 2.75) is 165 Å². The van der Waals surface area contributed by atoms with Gasteiger partial charge in [-0.2, -0.15) is 0 Å². The van der Waals surface area contributed by atoms with E-state index >= 15 is 0 Å². The molecule has 15 atom stereocenters. The molecule has 0 spiro atoms. The molecule has 0 aromatic carbocycles. The molecule has 11 heteroatoms. The summed E-state index contributed by atoms with van der Waals surface area (Å²) in [6, 6.07) is 0. The molecule has 3 fully saturated rings. The molecule has 6 heterocycles. The number of carboxylic acid groups (broad SMARTS) is 1. The van der Waals surface area contributed by atoms with Gasteiger partial charge in [-0.05, 0) is 63.0 Å². The summed E-state index contributed by atoms with van der Waals surface area (Å²) in [5, 5.41) is 41.7. The lowest BCUT2D eigenvalue weighted by Gasteiger charge is -2.40. The van der Waals surface area contributed by atoms with Crippen LogP contribution in [0.4, 0.5) is 0 Å². The standard InChI is InChI=1S/C47H66O11/c1-30(17-14-15-23-44(50)51)27-31(2)47-40-26-25-34(54-47)18-10-6-5-7-11-19-35(48)46(53)43-28-36(49)32(3)37(56-43)21-16-22-38-33(4)41-29-42(55-38)39(57-41)20-12-8-9-13-24-45(52)58-40/h6,8-13,16,19-20,22,24-27,30,32-43,46-49,53H,5,7,14-15,17-18,21,23,28-29H2,1-4H3,(H,50,51)/b9-8-,10-6+,19-11+,20-12-,22-16+,24-13-,31-27+. The van der Waals surface area contributed by atoms with Crippen molar-refractivity contribution in [3.63, 3.8) is 0 Å². The number of aliphatic hydroxyl groups is 3. The molecule has 0 amide bonds. The average molecular weight is 807 g/mol. The SMILES string of the molecule is C/C(=C\C(C)CCCCC(=O)O)C1OC2C=CC1OC(=O)\C=C/C=C\C=C/C1OC3CC1OC(/C=C/CC1OC(CC(O)C1C)C(O)C(O)/C=C/CC/C=C/C2)C3C. The maximum absolute atomic E-state index is 13.0. The third-order valence-corrected chi connectivity index (χ3v) is 12.0. The van der Waals surface area contributed by atoms with Crippen molar-refractivity contribution < 1.29 is 53.7 Å². The molecule has 3 saturated heterocycles. The van der Waals surface area contributed by atoms with Crippen LogP contribution in [-0.2, 0) is 33.3 Å². The number of carboxylic acids is 1. The highest BCUT2D eigenvalue weighted by atomic mass is 16.6. The van der Waals surface area contributed by atoms with E-state index in [4.69, 9.17) is 28.8 Å². The smallest absolute Gasteiger partial charge is 0.331 e. The van der Waals surface area contributed by atoms with Crippen LogP contribution < -0.4 is 0 Å². The molecule has 0 radical (unpaired) electrons. The van der Waals surface area contributed by atoms with Gasteiger partial charge in [-0.3, -0.25) is 4.79 Å². The summed E-state index contributed by atoms with van der Waals surface area (Å²) < 4.78 is 31.5. The summed E-state index contributed by atoms with van der Waals surface area (Å²) in [6.45, 7) is 8.15. The fourth-order valence-corrected chi connectivity index (χ4v) is 8.38. The number of fused-ring (bicyclic) bond motifs is 13. The quantitative estimate of drug-likeness (QED) is 0.122. The van der Waals surface area contributed by atoms with Crippen LogP contribution in [0.25, 0.3) is 0 Å². The number of carbonyl (C=O) groups is 2. The first-order chi connectivity index (χ1) is 27.9.